The van der Waals surface area contributed by atoms with Gasteiger partial charge in [0.2, 0.25) is 0 Å². The van der Waals surface area contributed by atoms with E-state index in [0.29, 0.717) is 23.7 Å². The van der Waals surface area contributed by atoms with Gasteiger partial charge in [-0.15, -0.1) is 0 Å². The summed E-state index contributed by atoms with van der Waals surface area (Å²) in [5.74, 6) is 6.58. The zero-order valence-electron chi connectivity index (χ0n) is 28.7. The number of ether oxygens (including phenoxy) is 2. The standard InChI is InChI=1S/2C19H28O2.C2H5.Al/c2*1-21-16-12-17(14-8-4-2-5-9-14)19(20)18(13-16)15-10-6-3-7-11-15;1-2;/h2*12-15,20H,2-11H2,1H3;1H2,2H3;/q;;;+2/p-2. The van der Waals surface area contributed by atoms with Crippen molar-refractivity contribution in [2.24, 2.45) is 0 Å². The fourth-order valence-corrected chi connectivity index (χ4v) is 10.6. The Morgan fingerprint density at radius 2 is 0.733 bits per heavy atom. The summed E-state index contributed by atoms with van der Waals surface area (Å²) in [5.41, 5.74) is 5.61. The molecule has 0 amide bonds. The molecule has 4 aliphatic carbocycles. The van der Waals surface area contributed by atoms with Crippen molar-refractivity contribution < 1.29 is 17.1 Å². The van der Waals surface area contributed by atoms with Crippen LogP contribution in [-0.2, 0) is 0 Å². The molecule has 4 nitrogen and oxygen atoms in total. The van der Waals surface area contributed by atoms with Crippen LogP contribution in [0.5, 0.6) is 23.0 Å². The molecular weight excluding hydrogens is 571 g/mol. The largest absolute Gasteiger partial charge is 0.856 e. The lowest BCUT2D eigenvalue weighted by Gasteiger charge is -2.33. The molecule has 0 atom stereocenters. The van der Waals surface area contributed by atoms with Gasteiger partial charge >= 0.3 is 14.8 Å². The molecule has 2 aromatic rings. The Bertz CT molecular complexity index is 1050. The van der Waals surface area contributed by atoms with E-state index in [1.165, 1.54) is 162 Å². The zero-order chi connectivity index (χ0) is 31.0. The van der Waals surface area contributed by atoms with Crippen molar-refractivity contribution in [3.05, 3.63) is 46.5 Å². The quantitative estimate of drug-likeness (QED) is 0.232. The van der Waals surface area contributed by atoms with E-state index in [1.807, 2.05) is 14.2 Å². The molecule has 45 heavy (non-hydrogen) atoms. The monoisotopic (exact) mass is 630 g/mol. The second kappa shape index (κ2) is 16.3. The number of benzene rings is 2. The SMILES string of the molecule is C[CH2][Al]([O]c1c(C2CCCCC2)cc(OC)cc1C1CCCCC1)[O]c1c(C2CCCCC2)cc(OC)cc1C1CCCCC1. The Labute approximate surface area is 279 Å². The van der Waals surface area contributed by atoms with Crippen LogP contribution in [0.25, 0.3) is 0 Å². The van der Waals surface area contributed by atoms with Crippen LogP contribution in [0.15, 0.2) is 24.3 Å². The number of rotatable bonds is 11. The maximum absolute atomic E-state index is 7.41. The molecule has 0 N–H and O–H groups in total. The van der Waals surface area contributed by atoms with Gasteiger partial charge in [0.25, 0.3) is 0 Å². The van der Waals surface area contributed by atoms with Crippen molar-refractivity contribution in [2.45, 2.75) is 164 Å². The molecule has 0 aromatic heterocycles. The van der Waals surface area contributed by atoms with Gasteiger partial charge in [0.1, 0.15) is 11.5 Å². The van der Waals surface area contributed by atoms with Crippen molar-refractivity contribution in [3.63, 3.8) is 0 Å². The fourth-order valence-electron chi connectivity index (χ4n) is 9.12. The summed E-state index contributed by atoms with van der Waals surface area (Å²) in [4.78, 5) is 0. The average Bonchev–Trinajstić information content (AvgIpc) is 3.12. The van der Waals surface area contributed by atoms with E-state index in [1.54, 1.807) is 0 Å². The van der Waals surface area contributed by atoms with Gasteiger partial charge in [0, 0.05) is 0 Å². The van der Waals surface area contributed by atoms with Crippen LogP contribution in [0.4, 0.5) is 0 Å². The summed E-state index contributed by atoms with van der Waals surface area (Å²) in [6.07, 6.45) is 25.9. The molecule has 0 aliphatic heterocycles. The molecule has 4 aliphatic rings. The van der Waals surface area contributed by atoms with Gasteiger partial charge < -0.3 is 17.1 Å². The second-order valence-electron chi connectivity index (χ2n) is 14.7. The molecule has 0 saturated heterocycles. The molecule has 0 unspecified atom stereocenters. The molecule has 0 radical (unpaired) electrons. The van der Waals surface area contributed by atoms with Gasteiger partial charge in [0.15, 0.2) is 0 Å². The van der Waals surface area contributed by atoms with E-state index < -0.39 is 14.8 Å². The first-order valence-corrected chi connectivity index (χ1v) is 20.7. The molecule has 2 aromatic carbocycles. The van der Waals surface area contributed by atoms with E-state index in [-0.39, 0.29) is 0 Å². The highest BCUT2D eigenvalue weighted by Gasteiger charge is 2.38. The van der Waals surface area contributed by atoms with Crippen molar-refractivity contribution in [3.8, 4) is 23.0 Å². The first-order chi connectivity index (χ1) is 22.2. The molecule has 0 heterocycles. The summed E-state index contributed by atoms with van der Waals surface area (Å²) in [6.45, 7) is 2.30. The molecule has 6 rings (SSSR count). The van der Waals surface area contributed by atoms with Crippen LogP contribution in [0, 0.1) is 0 Å². The third kappa shape index (κ3) is 8.01. The van der Waals surface area contributed by atoms with Crippen molar-refractivity contribution >= 4 is 14.8 Å². The molecule has 4 fully saturated rings. The maximum atomic E-state index is 7.41. The predicted molar refractivity (Wildman–Crippen MR) is 187 cm³/mol. The van der Waals surface area contributed by atoms with Crippen molar-refractivity contribution in [1.29, 1.82) is 0 Å². The topological polar surface area (TPSA) is 36.9 Å². The first-order valence-electron chi connectivity index (χ1n) is 18.9. The first kappa shape index (κ1) is 33.1. The van der Waals surface area contributed by atoms with E-state index in [2.05, 4.69) is 31.2 Å². The third-order valence-electron chi connectivity index (χ3n) is 11.7. The van der Waals surface area contributed by atoms with Crippen molar-refractivity contribution in [2.75, 3.05) is 14.2 Å². The van der Waals surface area contributed by atoms with Crippen LogP contribution in [0.3, 0.4) is 0 Å². The lowest BCUT2D eigenvalue weighted by atomic mass is 9.79. The molecule has 4 saturated carbocycles. The molecule has 5 heteroatoms. The van der Waals surface area contributed by atoms with E-state index in [9.17, 15) is 0 Å². The van der Waals surface area contributed by atoms with E-state index in [4.69, 9.17) is 17.1 Å². The minimum atomic E-state index is -2.13. The zero-order valence-corrected chi connectivity index (χ0v) is 29.8. The summed E-state index contributed by atoms with van der Waals surface area (Å²) >= 11 is -2.13. The molecular formula is C40H59AlO4. The van der Waals surface area contributed by atoms with Crippen LogP contribution in [0.2, 0.25) is 5.28 Å². The Balaban J connectivity index is 1.40. The normalized spacial score (nSPS) is 21.0. The van der Waals surface area contributed by atoms with Gasteiger partial charge in [-0.25, -0.2) is 0 Å². The number of hydrogen-bond acceptors (Lipinski definition) is 4. The lowest BCUT2D eigenvalue weighted by Crippen LogP contribution is -2.32. The number of hydrogen-bond donors (Lipinski definition) is 0. The van der Waals surface area contributed by atoms with E-state index in [0.717, 1.165) is 16.8 Å². The lowest BCUT2D eigenvalue weighted by molar-refractivity contribution is 0.364. The smallest absolute Gasteiger partial charge is 0.611 e. The van der Waals surface area contributed by atoms with Gasteiger partial charge in [-0.1, -0.05) is 84.0 Å². The van der Waals surface area contributed by atoms with Gasteiger partial charge in [-0.2, -0.15) is 0 Å². The summed E-state index contributed by atoms with van der Waals surface area (Å²) in [7, 11) is 3.67. The second-order valence-corrected chi connectivity index (χ2v) is 16.8. The Kier molecular flexibility index (Phi) is 12.0. The summed E-state index contributed by atoms with van der Waals surface area (Å²) < 4.78 is 26.7. The fraction of sp³-hybridized carbons (Fsp3) is 0.700. The van der Waals surface area contributed by atoms with Crippen LogP contribution < -0.4 is 17.1 Å². The minimum Gasteiger partial charge on any atom is -0.611 e. The predicted octanol–water partition coefficient (Wildman–Crippen LogP) is 11.9. The van der Waals surface area contributed by atoms with Crippen LogP contribution in [0.1, 0.15) is 181 Å². The summed E-state index contributed by atoms with van der Waals surface area (Å²) in [5, 5.41) is 0.945. The highest BCUT2D eigenvalue weighted by molar-refractivity contribution is 6.46. The van der Waals surface area contributed by atoms with Gasteiger partial charge in [-0.05, 0) is 127 Å². The van der Waals surface area contributed by atoms with Crippen LogP contribution in [-0.4, -0.2) is 29.0 Å². The molecule has 0 bridgehead atoms. The average molecular weight is 631 g/mol. The Hall–Kier alpha value is -1.83. The van der Waals surface area contributed by atoms with Crippen molar-refractivity contribution in [1.82, 2.24) is 0 Å². The highest BCUT2D eigenvalue weighted by Crippen LogP contribution is 2.49. The summed E-state index contributed by atoms with van der Waals surface area (Å²) in [6, 6.07) is 9.31. The Morgan fingerprint density at radius 3 is 0.956 bits per heavy atom. The Morgan fingerprint density at radius 1 is 0.467 bits per heavy atom. The van der Waals surface area contributed by atoms with Gasteiger partial charge in [-0.3, -0.25) is 0 Å². The van der Waals surface area contributed by atoms with Crippen LogP contribution >= 0.6 is 0 Å². The maximum Gasteiger partial charge on any atom is 0.856 e. The minimum absolute atomic E-state index is 0.550. The van der Waals surface area contributed by atoms with Gasteiger partial charge in [0.05, 0.1) is 25.7 Å². The highest BCUT2D eigenvalue weighted by atomic mass is 27.2. The molecule has 0 spiro atoms. The van der Waals surface area contributed by atoms with E-state index >= 15 is 0 Å². The third-order valence-corrected chi connectivity index (χ3v) is 13.4. The molecule has 246 valence electrons. The number of methoxy groups -OCH3 is 2.